The number of carbonyl (C=O) groups excluding carboxylic acids is 1. The number of amides is 1. The van der Waals surface area contributed by atoms with Crippen molar-refractivity contribution in [3.8, 4) is 6.07 Å². The van der Waals surface area contributed by atoms with Gasteiger partial charge >= 0.3 is 0 Å². The molecule has 0 atom stereocenters. The Morgan fingerprint density at radius 1 is 1.58 bits per heavy atom. The Balaban J connectivity index is 2.14. The number of nitrogens with one attached hydrogen (secondary N) is 1. The quantitative estimate of drug-likeness (QED) is 0.897. The first-order valence-electron chi connectivity index (χ1n) is 6.09. The van der Waals surface area contributed by atoms with E-state index in [2.05, 4.69) is 37.2 Å². The Bertz CT molecular complexity index is 518. The number of carbonyl (C=O) groups is 1. The molecule has 1 amide bonds. The van der Waals surface area contributed by atoms with Crippen LogP contribution in [-0.2, 0) is 0 Å². The van der Waals surface area contributed by atoms with Gasteiger partial charge in [-0.25, -0.2) is 4.98 Å². The van der Waals surface area contributed by atoms with Gasteiger partial charge in [-0.3, -0.25) is 4.79 Å². The maximum atomic E-state index is 12.2. The highest BCUT2D eigenvalue weighted by Gasteiger charge is 2.36. The second kappa shape index (κ2) is 5.68. The Kier molecular flexibility index (Phi) is 4.17. The number of aromatic nitrogens is 1. The van der Waals surface area contributed by atoms with Crippen LogP contribution < -0.4 is 5.32 Å². The largest absolute Gasteiger partial charge is 0.332 e. The number of halogens is 1. The number of nitrogens with zero attached hydrogens (tertiary/aromatic N) is 3. The molecule has 1 aliphatic rings. The second-order valence-corrected chi connectivity index (χ2v) is 5.64. The van der Waals surface area contributed by atoms with Crippen LogP contribution in [0, 0.1) is 11.3 Å². The smallest absolute Gasteiger partial charge is 0.272 e. The number of hydrogen-bond donors (Lipinski definition) is 1. The summed E-state index contributed by atoms with van der Waals surface area (Å²) < 4.78 is 0.633. The topological polar surface area (TPSA) is 69.0 Å². The van der Waals surface area contributed by atoms with Crippen LogP contribution in [0.4, 0.5) is 0 Å². The molecule has 5 nitrogen and oxygen atoms in total. The van der Waals surface area contributed by atoms with Crippen molar-refractivity contribution in [1.29, 1.82) is 5.26 Å². The third kappa shape index (κ3) is 3.11. The van der Waals surface area contributed by atoms with Crippen LogP contribution in [-0.4, -0.2) is 41.5 Å². The molecule has 0 unspecified atom stereocenters. The summed E-state index contributed by atoms with van der Waals surface area (Å²) in [6.45, 7) is 1.61. The summed E-state index contributed by atoms with van der Waals surface area (Å²) >= 11 is 3.30. The molecule has 1 N–H and O–H groups in total. The van der Waals surface area contributed by atoms with Crippen molar-refractivity contribution >= 4 is 21.8 Å². The van der Waals surface area contributed by atoms with E-state index in [0.717, 1.165) is 13.1 Å². The number of rotatable bonds is 2. The van der Waals surface area contributed by atoms with E-state index < -0.39 is 5.54 Å². The van der Waals surface area contributed by atoms with Crippen LogP contribution in [0.15, 0.2) is 22.8 Å². The fourth-order valence-corrected chi connectivity index (χ4v) is 2.53. The van der Waals surface area contributed by atoms with Gasteiger partial charge < -0.3 is 10.2 Å². The Morgan fingerprint density at radius 2 is 2.26 bits per heavy atom. The van der Waals surface area contributed by atoms with Crippen molar-refractivity contribution in [3.63, 3.8) is 0 Å². The fraction of sp³-hybridized carbons (Fsp3) is 0.462. The van der Waals surface area contributed by atoms with Gasteiger partial charge in [0.1, 0.15) is 11.2 Å². The van der Waals surface area contributed by atoms with Crippen LogP contribution in [0.25, 0.3) is 0 Å². The zero-order valence-electron chi connectivity index (χ0n) is 10.7. The van der Waals surface area contributed by atoms with Gasteiger partial charge in [0.05, 0.1) is 6.07 Å². The highest BCUT2D eigenvalue weighted by Crippen LogP contribution is 2.22. The van der Waals surface area contributed by atoms with Gasteiger partial charge in [0, 0.05) is 23.8 Å². The molecule has 1 aromatic rings. The standard InChI is InChI=1S/C13H15BrN4O/c1-18-7-4-13(9-15,5-8-18)17-12(19)11-10(14)3-2-6-16-11/h2-3,6H,4-5,7-8H2,1H3,(H,17,19). The highest BCUT2D eigenvalue weighted by molar-refractivity contribution is 9.10. The van der Waals surface area contributed by atoms with E-state index in [1.807, 2.05) is 7.05 Å². The Labute approximate surface area is 120 Å². The molecular weight excluding hydrogens is 308 g/mol. The van der Waals surface area contributed by atoms with Crippen molar-refractivity contribution in [2.75, 3.05) is 20.1 Å². The molecular formula is C13H15BrN4O. The predicted octanol–water partition coefficient (Wildman–Crippen LogP) is 1.56. The molecule has 2 rings (SSSR count). The molecule has 1 fully saturated rings. The lowest BCUT2D eigenvalue weighted by atomic mass is 9.89. The van der Waals surface area contributed by atoms with E-state index in [1.54, 1.807) is 18.3 Å². The van der Waals surface area contributed by atoms with Gasteiger partial charge in [0.2, 0.25) is 0 Å². The Morgan fingerprint density at radius 3 is 2.84 bits per heavy atom. The van der Waals surface area contributed by atoms with E-state index in [1.165, 1.54) is 0 Å². The zero-order valence-corrected chi connectivity index (χ0v) is 12.3. The highest BCUT2D eigenvalue weighted by atomic mass is 79.9. The number of piperidine rings is 1. The zero-order chi connectivity index (χ0) is 13.9. The van der Waals surface area contributed by atoms with Crippen LogP contribution in [0.3, 0.4) is 0 Å². The molecule has 100 valence electrons. The Hall–Kier alpha value is -1.45. The summed E-state index contributed by atoms with van der Waals surface area (Å²) in [5.41, 5.74) is -0.461. The lowest BCUT2D eigenvalue weighted by molar-refractivity contribution is 0.0876. The minimum absolute atomic E-state index is 0.307. The maximum Gasteiger partial charge on any atom is 0.272 e. The first-order valence-corrected chi connectivity index (χ1v) is 6.88. The average molecular weight is 323 g/mol. The summed E-state index contributed by atoms with van der Waals surface area (Å²) in [4.78, 5) is 18.4. The van der Waals surface area contributed by atoms with Crippen LogP contribution in [0.2, 0.25) is 0 Å². The SMILES string of the molecule is CN1CCC(C#N)(NC(=O)c2ncccc2Br)CC1. The van der Waals surface area contributed by atoms with E-state index in [0.29, 0.717) is 23.0 Å². The minimum atomic E-state index is -0.777. The predicted molar refractivity (Wildman–Crippen MR) is 74.5 cm³/mol. The minimum Gasteiger partial charge on any atom is -0.332 e. The molecule has 1 aliphatic heterocycles. The molecule has 0 radical (unpaired) electrons. The van der Waals surface area contributed by atoms with E-state index >= 15 is 0 Å². The summed E-state index contributed by atoms with van der Waals surface area (Å²) in [5.74, 6) is -0.307. The van der Waals surface area contributed by atoms with Crippen LogP contribution >= 0.6 is 15.9 Å². The normalized spacial score (nSPS) is 18.6. The maximum absolute atomic E-state index is 12.2. The van der Waals surface area contributed by atoms with Crippen molar-refractivity contribution in [2.24, 2.45) is 0 Å². The first-order chi connectivity index (χ1) is 9.06. The molecule has 2 heterocycles. The molecule has 0 bridgehead atoms. The van der Waals surface area contributed by atoms with Crippen molar-refractivity contribution in [3.05, 3.63) is 28.5 Å². The van der Waals surface area contributed by atoms with Crippen LogP contribution in [0.5, 0.6) is 0 Å². The average Bonchev–Trinajstić information content (AvgIpc) is 2.42. The second-order valence-electron chi connectivity index (χ2n) is 4.79. The van der Waals surface area contributed by atoms with E-state index in [-0.39, 0.29) is 5.91 Å². The van der Waals surface area contributed by atoms with Gasteiger partial charge in [-0.05, 0) is 48.0 Å². The van der Waals surface area contributed by atoms with Crippen LogP contribution in [0.1, 0.15) is 23.3 Å². The van der Waals surface area contributed by atoms with E-state index in [9.17, 15) is 10.1 Å². The summed E-state index contributed by atoms with van der Waals surface area (Å²) in [6, 6.07) is 5.76. The van der Waals surface area contributed by atoms with Gasteiger partial charge in [0.25, 0.3) is 5.91 Å². The monoisotopic (exact) mass is 322 g/mol. The number of hydrogen-bond acceptors (Lipinski definition) is 4. The molecule has 0 aliphatic carbocycles. The number of pyridine rings is 1. The first kappa shape index (κ1) is 14.0. The summed E-state index contributed by atoms with van der Waals surface area (Å²) in [6.07, 6.45) is 2.83. The molecule has 0 aromatic carbocycles. The number of nitriles is 1. The summed E-state index contributed by atoms with van der Waals surface area (Å²) in [5, 5.41) is 12.2. The lowest BCUT2D eigenvalue weighted by Crippen LogP contribution is -2.54. The lowest BCUT2D eigenvalue weighted by Gasteiger charge is -2.35. The third-order valence-corrected chi connectivity index (χ3v) is 4.02. The van der Waals surface area contributed by atoms with Gasteiger partial charge in [-0.15, -0.1) is 0 Å². The fourth-order valence-electron chi connectivity index (χ4n) is 2.09. The molecule has 19 heavy (non-hydrogen) atoms. The molecule has 0 saturated carbocycles. The molecule has 6 heteroatoms. The van der Waals surface area contributed by atoms with Crippen molar-refractivity contribution in [1.82, 2.24) is 15.2 Å². The summed E-state index contributed by atoms with van der Waals surface area (Å²) in [7, 11) is 2.01. The van der Waals surface area contributed by atoms with Gasteiger partial charge in [0.15, 0.2) is 0 Å². The molecule has 1 aromatic heterocycles. The van der Waals surface area contributed by atoms with E-state index in [4.69, 9.17) is 0 Å². The van der Waals surface area contributed by atoms with Crippen molar-refractivity contribution < 1.29 is 4.79 Å². The van der Waals surface area contributed by atoms with Gasteiger partial charge in [-0.1, -0.05) is 0 Å². The van der Waals surface area contributed by atoms with Crippen molar-refractivity contribution in [2.45, 2.75) is 18.4 Å². The van der Waals surface area contributed by atoms with Gasteiger partial charge in [-0.2, -0.15) is 5.26 Å². The molecule has 1 saturated heterocycles. The molecule has 0 spiro atoms. The number of likely N-dealkylation sites (tertiary alicyclic amines) is 1. The third-order valence-electron chi connectivity index (χ3n) is 3.38.